The molecule has 4 rings (SSSR count). The maximum absolute atomic E-state index is 13.7. The zero-order chi connectivity index (χ0) is 36.5. The van der Waals surface area contributed by atoms with Gasteiger partial charge in [0.05, 0.1) is 21.1 Å². The Labute approximate surface area is 194 Å². The van der Waals surface area contributed by atoms with Gasteiger partial charge in [-0.25, -0.2) is 0 Å². The van der Waals surface area contributed by atoms with Crippen LogP contribution in [0.2, 0.25) is 0 Å². The van der Waals surface area contributed by atoms with Gasteiger partial charge >= 0.3 is 0 Å². The van der Waals surface area contributed by atoms with E-state index in [4.69, 9.17) is 35.5 Å². The van der Waals surface area contributed by atoms with Gasteiger partial charge in [-0.1, -0.05) is 30.2 Å². The average Bonchev–Trinajstić information content (AvgIpc) is 3.21. The summed E-state index contributed by atoms with van der Waals surface area (Å²) in [7, 11) is 2.47. The van der Waals surface area contributed by atoms with E-state index in [1.165, 1.54) is 20.3 Å². The van der Waals surface area contributed by atoms with E-state index in [9.17, 15) is 4.79 Å². The first-order valence-corrected chi connectivity index (χ1v) is 8.21. The number of methoxy groups -OCH3 is 2. The van der Waals surface area contributed by atoms with Crippen molar-refractivity contribution in [1.29, 1.82) is 0 Å². The lowest BCUT2D eigenvalue weighted by Gasteiger charge is -2.32. The maximum Gasteiger partial charge on any atom is 0.166 e. The first-order chi connectivity index (χ1) is 21.0. The van der Waals surface area contributed by atoms with Crippen LogP contribution in [0.3, 0.4) is 0 Å². The number of likely N-dealkylation sites (tertiary alicyclic amines) is 1. The Balaban J connectivity index is 2.01. The van der Waals surface area contributed by atoms with Crippen molar-refractivity contribution >= 4 is 5.78 Å². The van der Waals surface area contributed by atoms with Crippen molar-refractivity contribution in [3.8, 4) is 11.5 Å². The minimum absolute atomic E-state index is 0.0217. The summed E-state index contributed by atoms with van der Waals surface area (Å²) < 4.78 is 174. The van der Waals surface area contributed by atoms with Gasteiger partial charge in [-0.15, -0.1) is 0 Å². The molecule has 1 heterocycles. The van der Waals surface area contributed by atoms with E-state index < -0.39 is 103 Å². The molecule has 2 aliphatic rings. The third-order valence-corrected chi connectivity index (χ3v) is 4.08. The minimum Gasteiger partial charge on any atom is -0.493 e. The van der Waals surface area contributed by atoms with Crippen molar-refractivity contribution in [3.05, 3.63) is 59.0 Å². The summed E-state index contributed by atoms with van der Waals surface area (Å²) in [6.45, 7) is -12.5. The number of carbonyl (C=O) groups is 1. The summed E-state index contributed by atoms with van der Waals surface area (Å²) in [5.41, 5.74) is -1.76. The molecule has 1 atom stereocenters. The number of hydrogen-bond acceptors (Lipinski definition) is 4. The molecular weight excluding hydrogens is 350 g/mol. The second-order valence-corrected chi connectivity index (χ2v) is 5.77. The molecule has 4 nitrogen and oxygen atoms in total. The number of benzene rings is 2. The topological polar surface area (TPSA) is 38.8 Å². The normalized spacial score (nSPS) is 42.1. The predicted octanol–water partition coefficient (Wildman–Crippen LogP) is 4.36. The molecule has 0 bridgehead atoms. The number of hydrogen-bond donors (Lipinski definition) is 0. The number of ether oxygens (including phenoxy) is 2. The average molecular weight is 399 g/mol. The highest BCUT2D eigenvalue weighted by molar-refractivity contribution is 6.02. The molecule has 4 heteroatoms. The van der Waals surface area contributed by atoms with E-state index in [0.29, 0.717) is 0 Å². The molecule has 0 saturated carbocycles. The third kappa shape index (κ3) is 3.93. The molecule has 1 aliphatic heterocycles. The molecule has 0 radical (unpaired) electrons. The lowest BCUT2D eigenvalue weighted by molar-refractivity contribution is 0.0895. The lowest BCUT2D eigenvalue weighted by atomic mass is 9.85. The molecule has 0 aromatic heterocycles. The first-order valence-electron chi connectivity index (χ1n) is 17.7. The molecule has 0 spiro atoms. The Morgan fingerprint density at radius 3 is 2.54 bits per heavy atom. The highest BCUT2D eigenvalue weighted by Crippen LogP contribution is 2.39. The standard InChI is InChI=1S/C24H29NO3/c1-27-22-14-19-13-20(24(26)21(19)15-23(22)28-2)12-17-8-10-25(11-9-17)16-18-6-4-3-5-7-18/h3-7,14-15,17,20H,8-13,16H2,1-2H3/i3D,4D,5D,6D,7D,8D2,9D2,10D2,11D2,12D2,16D2,17D,20D. The van der Waals surface area contributed by atoms with Crippen LogP contribution in [0.5, 0.6) is 11.5 Å². The molecule has 148 valence electrons. The summed E-state index contributed by atoms with van der Waals surface area (Å²) in [6, 6.07) is -3.49. The van der Waals surface area contributed by atoms with Gasteiger partial charge in [-0.2, -0.15) is 0 Å². The van der Waals surface area contributed by atoms with Crippen LogP contribution in [0.1, 0.15) is 66.6 Å². The highest BCUT2D eigenvalue weighted by Gasteiger charge is 2.34. The zero-order valence-corrected chi connectivity index (χ0v) is 15.0. The van der Waals surface area contributed by atoms with Gasteiger partial charge in [-0.3, -0.25) is 9.69 Å². The van der Waals surface area contributed by atoms with Crippen molar-refractivity contribution in [2.45, 2.75) is 32.0 Å². The lowest BCUT2D eigenvalue weighted by Crippen LogP contribution is -2.34. The minimum atomic E-state index is -4.36. The van der Waals surface area contributed by atoms with Gasteiger partial charge in [0.25, 0.3) is 0 Å². The van der Waals surface area contributed by atoms with E-state index >= 15 is 0 Å². The van der Waals surface area contributed by atoms with E-state index in [1.54, 1.807) is 0 Å². The van der Waals surface area contributed by atoms with Crippen LogP contribution in [-0.2, 0) is 12.9 Å². The number of nitrogens with zero attached hydrogens (tertiary/aromatic N) is 1. The van der Waals surface area contributed by atoms with E-state index in [2.05, 4.69) is 0 Å². The highest BCUT2D eigenvalue weighted by atomic mass is 16.5. The molecular formula is C24H29NO3. The Kier molecular flexibility index (Phi) is 2.05. The second kappa shape index (κ2) is 8.36. The summed E-state index contributed by atoms with van der Waals surface area (Å²) in [6.07, 6.45) is -13.7. The molecule has 28 heavy (non-hydrogen) atoms. The fraction of sp³-hybridized carbons (Fsp3) is 0.458. The number of fused-ring (bicyclic) bond motifs is 1. The van der Waals surface area contributed by atoms with Crippen molar-refractivity contribution in [3.63, 3.8) is 0 Å². The molecule has 0 amide bonds. The van der Waals surface area contributed by atoms with Crippen LogP contribution >= 0.6 is 0 Å². The van der Waals surface area contributed by atoms with Crippen LogP contribution in [0.4, 0.5) is 0 Å². The van der Waals surface area contributed by atoms with Crippen LogP contribution in [0.15, 0.2) is 42.3 Å². The van der Waals surface area contributed by atoms with Crippen LogP contribution in [0, 0.1) is 11.8 Å². The van der Waals surface area contributed by atoms with Crippen molar-refractivity contribution < 1.29 is 40.3 Å². The molecule has 1 fully saturated rings. The van der Waals surface area contributed by atoms with Gasteiger partial charge in [0.1, 0.15) is 0 Å². The number of piperidine rings is 1. The van der Waals surface area contributed by atoms with Crippen LogP contribution in [-0.4, -0.2) is 37.9 Å². The molecule has 1 unspecified atom stereocenters. The van der Waals surface area contributed by atoms with Gasteiger partial charge in [0, 0.05) is 37.1 Å². The molecule has 2 aromatic carbocycles. The largest absolute Gasteiger partial charge is 0.493 e. The Morgan fingerprint density at radius 1 is 1.18 bits per heavy atom. The Bertz CT molecular complexity index is 1620. The number of carbonyl (C=O) groups excluding carboxylic acids is 1. The zero-order valence-electron chi connectivity index (χ0n) is 34.0. The Hall–Kier alpha value is -2.33. The molecule has 1 aliphatic carbocycles. The predicted molar refractivity (Wildman–Crippen MR) is 110 cm³/mol. The third-order valence-electron chi connectivity index (χ3n) is 4.08. The molecule has 1 saturated heterocycles. The van der Waals surface area contributed by atoms with Gasteiger partial charge in [-0.05, 0) is 67.7 Å². The fourth-order valence-electron chi connectivity index (χ4n) is 2.78. The van der Waals surface area contributed by atoms with Gasteiger partial charge in [0.2, 0.25) is 0 Å². The van der Waals surface area contributed by atoms with Gasteiger partial charge in [0.15, 0.2) is 17.3 Å². The summed E-state index contributed by atoms with van der Waals surface area (Å²) in [4.78, 5) is 13.0. The molecule has 0 N–H and O–H groups in total. The fourth-order valence-corrected chi connectivity index (χ4v) is 2.78. The van der Waals surface area contributed by atoms with Crippen molar-refractivity contribution in [2.75, 3.05) is 27.2 Å². The molecule has 2 aromatic rings. The van der Waals surface area contributed by atoms with E-state index in [0.717, 1.165) is 6.07 Å². The first kappa shape index (κ1) is 6.88. The number of Topliss-reactive ketones (excluding diaryl/α,β-unsaturated/α-hetero) is 1. The summed E-state index contributed by atoms with van der Waals surface area (Å²) in [5.74, 6) is -9.00. The maximum atomic E-state index is 13.7. The van der Waals surface area contributed by atoms with Crippen LogP contribution in [0.25, 0.3) is 0 Å². The second-order valence-electron chi connectivity index (χ2n) is 5.77. The summed E-state index contributed by atoms with van der Waals surface area (Å²) in [5, 5.41) is 0. The number of rotatable bonds is 6. The quantitative estimate of drug-likeness (QED) is 0.725. The van der Waals surface area contributed by atoms with Crippen molar-refractivity contribution in [2.24, 2.45) is 11.8 Å². The van der Waals surface area contributed by atoms with E-state index in [-0.39, 0.29) is 22.6 Å². The Morgan fingerprint density at radius 2 is 1.86 bits per heavy atom. The van der Waals surface area contributed by atoms with E-state index in [1.807, 2.05) is 0 Å². The van der Waals surface area contributed by atoms with Crippen LogP contribution < -0.4 is 9.47 Å². The number of ketones is 1. The SMILES string of the molecule is [2H]c1c([2H])c([2H])c(C([2H])([2H])N2C([2H])([2H])C([2H])([2H])C([2H])(C([2H])([2H])C3([2H])Cc4cc(OC)c(OC)cc4C3=O)C([2H])([2H])C2([2H])[2H])c([2H])c1[2H]. The summed E-state index contributed by atoms with van der Waals surface area (Å²) >= 11 is 0. The van der Waals surface area contributed by atoms with Crippen molar-refractivity contribution in [1.82, 2.24) is 4.90 Å². The monoisotopic (exact) mass is 398 g/mol. The smallest absolute Gasteiger partial charge is 0.166 e. The van der Waals surface area contributed by atoms with Gasteiger partial charge < -0.3 is 9.47 Å².